The molecule has 1 unspecified atom stereocenters. The van der Waals surface area contributed by atoms with Crippen LogP contribution in [-0.4, -0.2) is 11.0 Å². The topological polar surface area (TPSA) is 49.3 Å². The quantitative estimate of drug-likeness (QED) is 0.675. The zero-order chi connectivity index (χ0) is 19.4. The molecule has 3 nitrogen and oxygen atoms in total. The molecule has 27 heavy (non-hydrogen) atoms. The highest BCUT2D eigenvalue weighted by Gasteiger charge is 2.31. The molecule has 1 amide bonds. The minimum absolute atomic E-state index is 0.0891. The van der Waals surface area contributed by atoms with Crippen molar-refractivity contribution in [1.82, 2.24) is 0 Å². The van der Waals surface area contributed by atoms with E-state index in [-0.39, 0.29) is 11.5 Å². The number of nitrogens with one attached hydrogen (secondary N) is 1. The number of amides is 1. The van der Waals surface area contributed by atoms with Gasteiger partial charge in [0.25, 0.3) is 5.91 Å². The average Bonchev–Trinajstić information content (AvgIpc) is 2.68. The molecule has 1 atom stereocenters. The van der Waals surface area contributed by atoms with Gasteiger partial charge in [-0.15, -0.1) is 0 Å². The lowest BCUT2D eigenvalue weighted by Crippen LogP contribution is -2.15. The molecule has 0 radical (unpaired) electrons. The van der Waals surface area contributed by atoms with Gasteiger partial charge in [-0.2, -0.15) is 13.2 Å². The Labute approximate surface area is 154 Å². The van der Waals surface area contributed by atoms with Crippen LogP contribution in [0.25, 0.3) is 0 Å². The summed E-state index contributed by atoms with van der Waals surface area (Å²) in [5, 5.41) is 13.3. The second-order valence-electron chi connectivity index (χ2n) is 5.93. The van der Waals surface area contributed by atoms with Crippen molar-refractivity contribution in [3.63, 3.8) is 0 Å². The molecular weight excluding hydrogens is 355 g/mol. The van der Waals surface area contributed by atoms with Gasteiger partial charge in [0.1, 0.15) is 6.10 Å². The second kappa shape index (κ2) is 7.63. The predicted molar refractivity (Wildman–Crippen MR) is 96.3 cm³/mol. The molecule has 3 aromatic rings. The number of aliphatic hydroxyl groups is 1. The number of anilines is 1. The SMILES string of the molecule is O=C(Nc1ccccc1C(O)c1cccc(C(F)(F)F)c1)c1ccccc1. The van der Waals surface area contributed by atoms with Gasteiger partial charge in [0, 0.05) is 16.8 Å². The number of alkyl halides is 3. The molecule has 6 heteroatoms. The number of hydrogen-bond donors (Lipinski definition) is 2. The van der Waals surface area contributed by atoms with Gasteiger partial charge in [0.2, 0.25) is 0 Å². The molecular formula is C21H16F3NO2. The Morgan fingerprint density at radius 1 is 0.889 bits per heavy atom. The van der Waals surface area contributed by atoms with Crippen molar-refractivity contribution in [1.29, 1.82) is 0 Å². The maximum atomic E-state index is 12.9. The van der Waals surface area contributed by atoms with Gasteiger partial charge in [-0.1, -0.05) is 48.5 Å². The Bertz CT molecular complexity index is 939. The Balaban J connectivity index is 1.91. The summed E-state index contributed by atoms with van der Waals surface area (Å²) >= 11 is 0. The third-order valence-electron chi connectivity index (χ3n) is 4.07. The highest BCUT2D eigenvalue weighted by Crippen LogP contribution is 2.34. The monoisotopic (exact) mass is 371 g/mol. The summed E-state index contributed by atoms with van der Waals surface area (Å²) in [5.74, 6) is -0.376. The number of carbonyl (C=O) groups is 1. The van der Waals surface area contributed by atoms with E-state index >= 15 is 0 Å². The summed E-state index contributed by atoms with van der Waals surface area (Å²) in [6.07, 6.45) is -5.82. The smallest absolute Gasteiger partial charge is 0.384 e. The molecule has 3 aromatic carbocycles. The Morgan fingerprint density at radius 3 is 2.26 bits per heavy atom. The van der Waals surface area contributed by atoms with Crippen LogP contribution in [0.5, 0.6) is 0 Å². The van der Waals surface area contributed by atoms with Crippen LogP contribution < -0.4 is 5.32 Å². The van der Waals surface area contributed by atoms with E-state index in [2.05, 4.69) is 5.32 Å². The summed E-state index contributed by atoms with van der Waals surface area (Å²) < 4.78 is 38.8. The van der Waals surface area contributed by atoms with Crippen molar-refractivity contribution in [2.45, 2.75) is 12.3 Å². The van der Waals surface area contributed by atoms with Crippen molar-refractivity contribution in [3.8, 4) is 0 Å². The fourth-order valence-corrected chi connectivity index (χ4v) is 2.70. The first-order valence-corrected chi connectivity index (χ1v) is 8.17. The van der Waals surface area contributed by atoms with Crippen molar-refractivity contribution < 1.29 is 23.1 Å². The van der Waals surface area contributed by atoms with Crippen LogP contribution in [0.15, 0.2) is 78.9 Å². The number of hydrogen-bond acceptors (Lipinski definition) is 2. The van der Waals surface area contributed by atoms with E-state index in [1.165, 1.54) is 12.1 Å². The first-order valence-electron chi connectivity index (χ1n) is 8.17. The first-order chi connectivity index (χ1) is 12.9. The van der Waals surface area contributed by atoms with Gasteiger partial charge in [-0.25, -0.2) is 0 Å². The molecule has 0 saturated heterocycles. The van der Waals surface area contributed by atoms with Crippen LogP contribution in [-0.2, 0) is 6.18 Å². The van der Waals surface area contributed by atoms with E-state index in [4.69, 9.17) is 0 Å². The largest absolute Gasteiger partial charge is 0.416 e. The molecule has 2 N–H and O–H groups in total. The maximum absolute atomic E-state index is 12.9. The van der Waals surface area contributed by atoms with Crippen molar-refractivity contribution >= 4 is 11.6 Å². The molecule has 0 aliphatic carbocycles. The molecule has 0 aromatic heterocycles. The van der Waals surface area contributed by atoms with Crippen LogP contribution in [0.1, 0.15) is 33.2 Å². The van der Waals surface area contributed by atoms with E-state index in [1.54, 1.807) is 54.6 Å². The molecule has 0 aliphatic heterocycles. The summed E-state index contributed by atoms with van der Waals surface area (Å²) in [6.45, 7) is 0. The normalized spacial score (nSPS) is 12.4. The zero-order valence-corrected chi connectivity index (χ0v) is 14.1. The molecule has 0 heterocycles. The molecule has 138 valence electrons. The third kappa shape index (κ3) is 4.35. The minimum Gasteiger partial charge on any atom is -0.384 e. The van der Waals surface area contributed by atoms with Crippen LogP contribution >= 0.6 is 0 Å². The number of carbonyl (C=O) groups excluding carboxylic acids is 1. The highest BCUT2D eigenvalue weighted by atomic mass is 19.4. The van der Waals surface area contributed by atoms with E-state index in [9.17, 15) is 23.1 Å². The number of halogens is 3. The van der Waals surface area contributed by atoms with Gasteiger partial charge >= 0.3 is 6.18 Å². The summed E-state index contributed by atoms with van der Waals surface area (Å²) in [7, 11) is 0. The Morgan fingerprint density at radius 2 is 1.56 bits per heavy atom. The lowest BCUT2D eigenvalue weighted by molar-refractivity contribution is -0.137. The van der Waals surface area contributed by atoms with Crippen molar-refractivity contribution in [2.75, 3.05) is 5.32 Å². The fraction of sp³-hybridized carbons (Fsp3) is 0.0952. The van der Waals surface area contributed by atoms with Crippen molar-refractivity contribution in [2.24, 2.45) is 0 Å². The van der Waals surface area contributed by atoms with Crippen molar-refractivity contribution in [3.05, 3.63) is 101 Å². The van der Waals surface area contributed by atoms with Gasteiger partial charge in [-0.3, -0.25) is 4.79 Å². The van der Waals surface area contributed by atoms with Crippen LogP contribution in [0.2, 0.25) is 0 Å². The number of aliphatic hydroxyl groups excluding tert-OH is 1. The number of para-hydroxylation sites is 1. The van der Waals surface area contributed by atoms with E-state index in [1.807, 2.05) is 0 Å². The molecule has 0 bridgehead atoms. The summed E-state index contributed by atoms with van der Waals surface area (Å²) in [6, 6.07) is 19.5. The highest BCUT2D eigenvalue weighted by molar-refractivity contribution is 6.04. The molecule has 0 saturated carbocycles. The van der Waals surface area contributed by atoms with Gasteiger partial charge in [-0.05, 0) is 35.9 Å². The van der Waals surface area contributed by atoms with Gasteiger partial charge in [0.05, 0.1) is 5.56 Å². The maximum Gasteiger partial charge on any atom is 0.416 e. The molecule has 0 aliphatic rings. The van der Waals surface area contributed by atoms with Crippen LogP contribution in [0.4, 0.5) is 18.9 Å². The second-order valence-corrected chi connectivity index (χ2v) is 5.93. The van der Waals surface area contributed by atoms with Crippen LogP contribution in [0, 0.1) is 0 Å². The zero-order valence-electron chi connectivity index (χ0n) is 14.1. The fourth-order valence-electron chi connectivity index (χ4n) is 2.70. The number of benzene rings is 3. The average molecular weight is 371 g/mol. The van der Waals surface area contributed by atoms with E-state index in [0.717, 1.165) is 12.1 Å². The van der Waals surface area contributed by atoms with E-state index < -0.39 is 17.8 Å². The molecule has 0 spiro atoms. The Hall–Kier alpha value is -3.12. The standard InChI is InChI=1S/C21H16F3NO2/c22-21(23,24)16-10-6-9-15(13-16)19(26)17-11-4-5-12-18(17)25-20(27)14-7-2-1-3-8-14/h1-13,19,26H,(H,25,27). The van der Waals surface area contributed by atoms with Gasteiger partial charge in [0.15, 0.2) is 0 Å². The summed E-state index contributed by atoms with van der Waals surface area (Å²) in [5.41, 5.74) is 0.314. The van der Waals surface area contributed by atoms with Gasteiger partial charge < -0.3 is 10.4 Å². The lowest BCUT2D eigenvalue weighted by atomic mass is 9.98. The predicted octanol–water partition coefficient (Wildman–Crippen LogP) is 5.04. The minimum atomic E-state index is -4.50. The third-order valence-corrected chi connectivity index (χ3v) is 4.07. The summed E-state index contributed by atoms with van der Waals surface area (Å²) in [4.78, 5) is 12.4. The van der Waals surface area contributed by atoms with E-state index in [0.29, 0.717) is 16.8 Å². The Kier molecular flexibility index (Phi) is 5.28. The number of rotatable bonds is 4. The molecule has 3 rings (SSSR count). The molecule has 0 fully saturated rings. The lowest BCUT2D eigenvalue weighted by Gasteiger charge is -2.18. The first kappa shape index (κ1) is 18.7. The van der Waals surface area contributed by atoms with Crippen LogP contribution in [0.3, 0.4) is 0 Å².